The molecule has 6 rings (SSSR count). The van der Waals surface area contributed by atoms with Crippen LogP contribution in [-0.2, 0) is 14.2 Å². The van der Waals surface area contributed by atoms with Gasteiger partial charge >= 0.3 is 6.16 Å². The summed E-state index contributed by atoms with van der Waals surface area (Å²) in [6.45, 7) is 8.13. The fourth-order valence-corrected chi connectivity index (χ4v) is 4.93. The second kappa shape index (κ2) is 9.52. The third kappa shape index (κ3) is 4.31. The van der Waals surface area contributed by atoms with Gasteiger partial charge in [-0.1, -0.05) is 0 Å². The highest BCUT2D eigenvalue weighted by Crippen LogP contribution is 2.35. The van der Waals surface area contributed by atoms with Crippen LogP contribution in [0.1, 0.15) is 13.8 Å². The maximum absolute atomic E-state index is 11.8. The lowest BCUT2D eigenvalue weighted by Crippen LogP contribution is -2.46. The third-order valence-corrected chi connectivity index (χ3v) is 6.84. The molecular weight excluding hydrogens is 478 g/mol. The first-order chi connectivity index (χ1) is 18.0. The molecular formula is C25H29N7O5. The highest BCUT2D eigenvalue weighted by molar-refractivity contribution is 5.97. The summed E-state index contributed by atoms with van der Waals surface area (Å²) in [7, 11) is 1.27. The second-order valence-corrected chi connectivity index (χ2v) is 9.33. The predicted molar refractivity (Wildman–Crippen MR) is 137 cm³/mol. The van der Waals surface area contributed by atoms with E-state index in [0.717, 1.165) is 22.3 Å². The normalized spacial score (nSPS) is 20.5. The number of anilines is 2. The molecule has 2 aliphatic heterocycles. The molecule has 0 radical (unpaired) electrons. The topological polar surface area (TPSA) is 131 Å². The van der Waals surface area contributed by atoms with Crippen molar-refractivity contribution in [2.45, 2.75) is 25.9 Å². The van der Waals surface area contributed by atoms with Gasteiger partial charge in [-0.3, -0.25) is 0 Å². The van der Waals surface area contributed by atoms with E-state index in [9.17, 15) is 4.79 Å². The molecule has 0 spiro atoms. The van der Waals surface area contributed by atoms with Crippen LogP contribution in [-0.4, -0.2) is 89.8 Å². The van der Waals surface area contributed by atoms with Crippen LogP contribution in [0.15, 0.2) is 24.4 Å². The minimum Gasteiger partial charge on any atom is -0.437 e. The minimum atomic E-state index is -0.791. The number of hydrogen-bond donors (Lipinski definition) is 2. The summed E-state index contributed by atoms with van der Waals surface area (Å²) in [6.07, 6.45) is 1.04. The first kappa shape index (κ1) is 23.5. The Balaban J connectivity index is 1.51. The van der Waals surface area contributed by atoms with Crippen molar-refractivity contribution in [3.05, 3.63) is 24.4 Å². The van der Waals surface area contributed by atoms with Crippen LogP contribution >= 0.6 is 0 Å². The van der Waals surface area contributed by atoms with E-state index < -0.39 is 6.16 Å². The number of carbonyl (C=O) groups is 1. The maximum atomic E-state index is 11.8. The molecule has 12 nitrogen and oxygen atoms in total. The zero-order valence-electron chi connectivity index (χ0n) is 21.0. The predicted octanol–water partition coefficient (Wildman–Crippen LogP) is 3.10. The van der Waals surface area contributed by atoms with Crippen LogP contribution < -0.4 is 14.5 Å². The molecule has 37 heavy (non-hydrogen) atoms. The summed E-state index contributed by atoms with van der Waals surface area (Å²) < 4.78 is 21.3. The van der Waals surface area contributed by atoms with Crippen LogP contribution in [0, 0.1) is 0 Å². The van der Waals surface area contributed by atoms with Gasteiger partial charge in [0.1, 0.15) is 11.6 Å². The fourth-order valence-electron chi connectivity index (χ4n) is 4.93. The number of rotatable bonds is 4. The number of aromatic amines is 2. The minimum absolute atomic E-state index is 0.134. The second-order valence-electron chi connectivity index (χ2n) is 9.33. The standard InChI is InChI=1S/C25H29N7O5/c1-14-12-35-8-6-31(14)23-20-22(29-24(30-23)32-7-9-36-13-15(32)2)28-21(27-20)18-10-16(37-25(33)34-3)11-19-17(18)4-5-26-19/h4-5,10-11,14-15,26H,6-9,12-13H2,1-3H3,(H,27,28,29,30)/t14-,15-/m1/s1. The number of benzene rings is 1. The monoisotopic (exact) mass is 507 g/mol. The van der Waals surface area contributed by atoms with Crippen molar-refractivity contribution in [2.24, 2.45) is 0 Å². The number of hydrogen-bond acceptors (Lipinski definition) is 10. The van der Waals surface area contributed by atoms with Crippen molar-refractivity contribution in [3.8, 4) is 17.1 Å². The molecule has 0 aliphatic carbocycles. The Morgan fingerprint density at radius 3 is 2.54 bits per heavy atom. The van der Waals surface area contributed by atoms with Gasteiger partial charge in [-0.15, -0.1) is 0 Å². The number of ether oxygens (including phenoxy) is 4. The molecule has 0 amide bonds. The molecule has 4 aromatic rings. The van der Waals surface area contributed by atoms with Gasteiger partial charge in [0.15, 0.2) is 17.0 Å². The van der Waals surface area contributed by atoms with Crippen molar-refractivity contribution >= 4 is 40.0 Å². The molecule has 2 aliphatic rings. The van der Waals surface area contributed by atoms with Gasteiger partial charge in [0.2, 0.25) is 5.95 Å². The van der Waals surface area contributed by atoms with Gasteiger partial charge in [0.05, 0.1) is 45.6 Å². The zero-order valence-corrected chi connectivity index (χ0v) is 21.0. The maximum Gasteiger partial charge on any atom is 0.513 e. The lowest BCUT2D eigenvalue weighted by Gasteiger charge is -2.36. The molecule has 2 N–H and O–H groups in total. The van der Waals surface area contributed by atoms with Crippen LogP contribution in [0.25, 0.3) is 33.5 Å². The fraction of sp³-hybridized carbons (Fsp3) is 0.440. The molecule has 2 saturated heterocycles. The van der Waals surface area contributed by atoms with Crippen LogP contribution in [0.4, 0.5) is 16.6 Å². The van der Waals surface area contributed by atoms with Gasteiger partial charge in [-0.05, 0) is 26.0 Å². The highest BCUT2D eigenvalue weighted by Gasteiger charge is 2.29. The number of carbonyl (C=O) groups excluding carboxylic acids is 1. The number of nitrogens with one attached hydrogen (secondary N) is 2. The Bertz CT molecular complexity index is 1450. The van der Waals surface area contributed by atoms with Gasteiger partial charge in [-0.2, -0.15) is 9.97 Å². The van der Waals surface area contributed by atoms with E-state index in [1.807, 2.05) is 12.3 Å². The van der Waals surface area contributed by atoms with Crippen LogP contribution in [0.2, 0.25) is 0 Å². The molecule has 0 unspecified atom stereocenters. The average Bonchev–Trinajstić information content (AvgIpc) is 3.55. The number of H-pyrrole nitrogens is 2. The van der Waals surface area contributed by atoms with Crippen molar-refractivity contribution in [1.29, 1.82) is 0 Å². The Morgan fingerprint density at radius 1 is 1.05 bits per heavy atom. The molecule has 0 bridgehead atoms. The first-order valence-electron chi connectivity index (χ1n) is 12.4. The van der Waals surface area contributed by atoms with Crippen molar-refractivity contribution in [1.82, 2.24) is 24.9 Å². The summed E-state index contributed by atoms with van der Waals surface area (Å²) in [5.41, 5.74) is 2.87. The summed E-state index contributed by atoms with van der Waals surface area (Å²) >= 11 is 0. The highest BCUT2D eigenvalue weighted by atomic mass is 16.7. The van der Waals surface area contributed by atoms with E-state index in [1.54, 1.807) is 12.1 Å². The zero-order chi connectivity index (χ0) is 25.5. The van der Waals surface area contributed by atoms with E-state index in [2.05, 4.69) is 38.4 Å². The lowest BCUT2D eigenvalue weighted by atomic mass is 10.1. The molecule has 2 fully saturated rings. The number of nitrogens with zero attached hydrogens (tertiary/aromatic N) is 5. The summed E-state index contributed by atoms with van der Waals surface area (Å²) in [5.74, 6) is 2.35. The molecule has 194 valence electrons. The quantitative estimate of drug-likeness (QED) is 0.314. The van der Waals surface area contributed by atoms with Gasteiger partial charge in [0.25, 0.3) is 0 Å². The Labute approximate surface area is 212 Å². The summed E-state index contributed by atoms with van der Waals surface area (Å²) in [4.78, 5) is 37.7. The largest absolute Gasteiger partial charge is 0.513 e. The Kier molecular flexibility index (Phi) is 6.05. The van der Waals surface area contributed by atoms with Crippen molar-refractivity contribution in [3.63, 3.8) is 0 Å². The number of imidazole rings is 1. The SMILES string of the molecule is COC(=O)Oc1cc(-c2nc3c(N4CCOC[C@H]4C)nc(N4CCOC[C@H]4C)nc3[nH]2)c2cc[nH]c2c1. The van der Waals surface area contributed by atoms with Crippen molar-refractivity contribution in [2.75, 3.05) is 56.4 Å². The van der Waals surface area contributed by atoms with E-state index in [1.165, 1.54) is 7.11 Å². The molecule has 0 saturated carbocycles. The molecule has 1 aromatic carbocycles. The van der Waals surface area contributed by atoms with Crippen LogP contribution in [0.5, 0.6) is 5.75 Å². The van der Waals surface area contributed by atoms with E-state index >= 15 is 0 Å². The average molecular weight is 508 g/mol. The summed E-state index contributed by atoms with van der Waals surface area (Å²) in [6, 6.07) is 5.75. The summed E-state index contributed by atoms with van der Waals surface area (Å²) in [5, 5.41) is 0.924. The van der Waals surface area contributed by atoms with Gasteiger partial charge in [0, 0.05) is 41.8 Å². The molecule has 3 aromatic heterocycles. The van der Waals surface area contributed by atoms with E-state index in [-0.39, 0.29) is 12.1 Å². The Morgan fingerprint density at radius 2 is 1.81 bits per heavy atom. The van der Waals surface area contributed by atoms with E-state index in [4.69, 9.17) is 29.2 Å². The molecule has 12 heteroatoms. The van der Waals surface area contributed by atoms with Gasteiger partial charge in [-0.25, -0.2) is 9.78 Å². The third-order valence-electron chi connectivity index (χ3n) is 6.84. The molecule has 2 atom stereocenters. The molecule has 5 heterocycles. The first-order valence-corrected chi connectivity index (χ1v) is 12.4. The number of morpholine rings is 2. The van der Waals surface area contributed by atoms with Crippen molar-refractivity contribution < 1.29 is 23.7 Å². The smallest absolute Gasteiger partial charge is 0.437 e. The Hall–Kier alpha value is -3.90. The van der Waals surface area contributed by atoms with Gasteiger partial charge < -0.3 is 38.7 Å². The lowest BCUT2D eigenvalue weighted by molar-refractivity contribution is 0.0973. The van der Waals surface area contributed by atoms with E-state index in [0.29, 0.717) is 68.2 Å². The number of fused-ring (bicyclic) bond motifs is 2. The van der Waals surface area contributed by atoms with Crippen LogP contribution in [0.3, 0.4) is 0 Å². The number of methoxy groups -OCH3 is 1. The number of aromatic nitrogens is 5.